The summed E-state index contributed by atoms with van der Waals surface area (Å²) in [4.78, 5) is 0.0133. The predicted octanol–water partition coefficient (Wildman–Crippen LogP) is 0.0304. The molecule has 0 aliphatic rings. The van der Waals surface area contributed by atoms with Crippen LogP contribution in [-0.4, -0.2) is 29.6 Å². The molecule has 1 atom stereocenters. The van der Waals surface area contributed by atoms with E-state index in [1.165, 1.54) is 13.2 Å². The Bertz CT molecular complexity index is 383. The maximum atomic E-state index is 10.5. The number of aliphatic hydroxyl groups excluding tert-OH is 1. The van der Waals surface area contributed by atoms with E-state index in [1.807, 2.05) is 0 Å². The lowest BCUT2D eigenvalue weighted by atomic mass is 10.5. The van der Waals surface area contributed by atoms with E-state index in [9.17, 15) is 8.42 Å². The summed E-state index contributed by atoms with van der Waals surface area (Å²) in [6, 6.07) is 1.24. The molecule has 1 aromatic rings. The average molecular weight is 225 g/mol. The van der Waals surface area contributed by atoms with E-state index < -0.39 is 15.6 Å². The van der Waals surface area contributed by atoms with Crippen molar-refractivity contribution in [1.82, 2.24) is 4.37 Å². The van der Waals surface area contributed by atoms with E-state index in [1.54, 1.807) is 0 Å². The van der Waals surface area contributed by atoms with Crippen LogP contribution < -0.4 is 4.74 Å². The Hall–Kier alpha value is -0.700. The number of methoxy groups -OCH3 is 1. The molecule has 1 heterocycles. The molecule has 6 nitrogen and oxygen atoms in total. The van der Waals surface area contributed by atoms with Crippen molar-refractivity contribution >= 4 is 21.7 Å². The summed E-state index contributed by atoms with van der Waals surface area (Å²) in [5.74, 6) is 0.197. The third kappa shape index (κ3) is 2.37. The van der Waals surface area contributed by atoms with Gasteiger partial charge in [0.2, 0.25) is 11.3 Å². The molecule has 0 amide bonds. The molecule has 0 radical (unpaired) electrons. The van der Waals surface area contributed by atoms with Gasteiger partial charge >= 0.3 is 0 Å². The summed E-state index contributed by atoms with van der Waals surface area (Å²) in [6.07, 6.45) is 0. The number of rotatable bonds is 3. The minimum Gasteiger partial charge on any atom is -0.480 e. The number of aromatic nitrogens is 1. The second-order valence-corrected chi connectivity index (χ2v) is 4.45. The summed E-state index contributed by atoms with van der Waals surface area (Å²) in [5, 5.41) is 9.04. The van der Waals surface area contributed by atoms with Crippen LogP contribution in [0.5, 0.6) is 5.88 Å². The first-order valence-corrected chi connectivity index (χ1v) is 5.38. The summed E-state index contributed by atoms with van der Waals surface area (Å²) in [5.41, 5.74) is -1.95. The van der Waals surface area contributed by atoms with Crippen LogP contribution in [0, 0.1) is 0 Å². The Labute approximate surface area is 78.7 Å². The van der Waals surface area contributed by atoms with Gasteiger partial charge in [0.1, 0.15) is 0 Å². The van der Waals surface area contributed by atoms with Gasteiger partial charge in [0.05, 0.1) is 12.0 Å². The van der Waals surface area contributed by atoms with Crippen molar-refractivity contribution in [1.29, 1.82) is 0 Å². The Kier molecular flexibility index (Phi) is 2.86. The molecule has 1 aromatic heterocycles. The molecule has 2 N–H and O–H groups in total. The highest BCUT2D eigenvalue weighted by molar-refractivity contribution is 7.86. The monoisotopic (exact) mass is 225 g/mol. The van der Waals surface area contributed by atoms with E-state index in [4.69, 9.17) is 9.66 Å². The third-order valence-corrected chi connectivity index (χ3v) is 3.03. The van der Waals surface area contributed by atoms with Crippen LogP contribution >= 0.6 is 11.5 Å². The lowest BCUT2D eigenvalue weighted by Gasteiger charge is -2.01. The second kappa shape index (κ2) is 3.58. The van der Waals surface area contributed by atoms with E-state index >= 15 is 0 Å². The maximum absolute atomic E-state index is 10.5. The van der Waals surface area contributed by atoms with Gasteiger partial charge in [-0.25, -0.2) is 0 Å². The molecule has 8 heteroatoms. The van der Waals surface area contributed by atoms with Gasteiger partial charge in [-0.3, -0.25) is 4.55 Å². The topological polar surface area (TPSA) is 96.7 Å². The van der Waals surface area contributed by atoms with E-state index in [0.29, 0.717) is 0 Å². The number of hydrogen-bond acceptors (Lipinski definition) is 6. The molecular formula is C5H7NO5S2. The molecule has 0 bridgehead atoms. The number of aliphatic hydroxyl groups is 1. The van der Waals surface area contributed by atoms with Crippen molar-refractivity contribution < 1.29 is 22.8 Å². The number of nitrogens with zero attached hydrogens (tertiary/aromatic N) is 1. The van der Waals surface area contributed by atoms with E-state index in [-0.39, 0.29) is 10.8 Å². The molecule has 0 saturated carbocycles. The fraction of sp³-hybridized carbons (Fsp3) is 0.400. The minimum absolute atomic E-state index is 0.0133. The number of hydrogen-bond donors (Lipinski definition) is 2. The second-order valence-electron chi connectivity index (χ2n) is 2.14. The van der Waals surface area contributed by atoms with Crippen molar-refractivity contribution in [3.8, 4) is 5.88 Å². The molecule has 1 rings (SSSR count). The van der Waals surface area contributed by atoms with Crippen molar-refractivity contribution in [3.05, 3.63) is 10.9 Å². The van der Waals surface area contributed by atoms with Crippen LogP contribution in [0.4, 0.5) is 0 Å². The van der Waals surface area contributed by atoms with Crippen LogP contribution in [-0.2, 0) is 10.1 Å². The van der Waals surface area contributed by atoms with Gasteiger partial charge in [-0.2, -0.15) is 12.8 Å². The van der Waals surface area contributed by atoms with Crippen LogP contribution in [0.15, 0.2) is 6.07 Å². The molecular weight excluding hydrogens is 218 g/mol. The van der Waals surface area contributed by atoms with Gasteiger partial charge < -0.3 is 9.84 Å². The first-order chi connectivity index (χ1) is 5.95. The molecule has 0 aliphatic heterocycles. The zero-order chi connectivity index (χ0) is 10.1. The molecule has 0 saturated heterocycles. The van der Waals surface area contributed by atoms with Gasteiger partial charge in [0, 0.05) is 6.07 Å². The summed E-state index contributed by atoms with van der Waals surface area (Å²) < 4.78 is 37.8. The van der Waals surface area contributed by atoms with Crippen LogP contribution in [0.3, 0.4) is 0 Å². The predicted molar refractivity (Wildman–Crippen MR) is 45.2 cm³/mol. The van der Waals surface area contributed by atoms with Gasteiger partial charge in [-0.15, -0.1) is 0 Å². The molecule has 74 valence electrons. The summed E-state index contributed by atoms with van der Waals surface area (Å²) in [6.45, 7) is 0. The van der Waals surface area contributed by atoms with Gasteiger partial charge in [0.15, 0.2) is 0 Å². The highest BCUT2D eigenvalue weighted by atomic mass is 32.2. The Morgan fingerprint density at radius 1 is 1.69 bits per heavy atom. The SMILES string of the molecule is COc1cc(C(O)S(=O)(=O)O)sn1. The van der Waals surface area contributed by atoms with E-state index in [2.05, 4.69) is 9.11 Å². The Morgan fingerprint density at radius 3 is 2.69 bits per heavy atom. The largest absolute Gasteiger partial charge is 0.480 e. The van der Waals surface area contributed by atoms with Crippen LogP contribution in [0.1, 0.15) is 10.3 Å². The third-order valence-electron chi connectivity index (χ3n) is 1.24. The molecule has 0 spiro atoms. The highest BCUT2D eigenvalue weighted by Crippen LogP contribution is 2.25. The first-order valence-electron chi connectivity index (χ1n) is 3.10. The molecule has 1 unspecified atom stereocenters. The highest BCUT2D eigenvalue weighted by Gasteiger charge is 2.24. The van der Waals surface area contributed by atoms with Crippen molar-refractivity contribution in [2.24, 2.45) is 0 Å². The van der Waals surface area contributed by atoms with Crippen LogP contribution in [0.2, 0.25) is 0 Å². The average Bonchev–Trinajstić information content (AvgIpc) is 2.48. The fourth-order valence-corrected chi connectivity index (χ4v) is 2.05. The van der Waals surface area contributed by atoms with Crippen molar-refractivity contribution in [2.45, 2.75) is 5.44 Å². The van der Waals surface area contributed by atoms with Gasteiger partial charge in [-0.05, 0) is 11.5 Å². The lowest BCUT2D eigenvalue weighted by Crippen LogP contribution is -2.09. The zero-order valence-corrected chi connectivity index (χ0v) is 8.17. The Balaban J connectivity index is 2.96. The maximum Gasteiger partial charge on any atom is 0.297 e. The van der Waals surface area contributed by atoms with Gasteiger partial charge in [-0.1, -0.05) is 0 Å². The molecule has 0 aromatic carbocycles. The quantitative estimate of drug-likeness (QED) is 0.704. The summed E-state index contributed by atoms with van der Waals surface area (Å²) >= 11 is 0.745. The molecule has 0 fully saturated rings. The van der Waals surface area contributed by atoms with Crippen molar-refractivity contribution in [3.63, 3.8) is 0 Å². The number of ether oxygens (including phenoxy) is 1. The van der Waals surface area contributed by atoms with Gasteiger partial charge in [0.25, 0.3) is 10.1 Å². The normalized spacial score (nSPS) is 14.1. The smallest absolute Gasteiger partial charge is 0.297 e. The van der Waals surface area contributed by atoms with Crippen molar-refractivity contribution in [2.75, 3.05) is 7.11 Å². The molecule has 13 heavy (non-hydrogen) atoms. The minimum atomic E-state index is -4.48. The summed E-state index contributed by atoms with van der Waals surface area (Å²) in [7, 11) is -3.12. The lowest BCUT2D eigenvalue weighted by molar-refractivity contribution is 0.241. The van der Waals surface area contributed by atoms with E-state index in [0.717, 1.165) is 11.5 Å². The molecule has 0 aliphatic carbocycles. The fourth-order valence-electron chi connectivity index (χ4n) is 0.631. The Morgan fingerprint density at radius 2 is 2.31 bits per heavy atom. The zero-order valence-electron chi connectivity index (χ0n) is 6.54. The van der Waals surface area contributed by atoms with Crippen LogP contribution in [0.25, 0.3) is 0 Å². The standard InChI is InChI=1S/C5H7NO5S2/c1-11-4-2-3(12-6-4)5(7)13(8,9)10/h2,5,7H,1H3,(H,8,9,10). The first kappa shape index (κ1) is 10.4.